The van der Waals surface area contributed by atoms with Crippen LogP contribution in [0.2, 0.25) is 0 Å². The Morgan fingerprint density at radius 1 is 0.552 bits per heavy atom. The number of benzene rings is 4. The van der Waals surface area contributed by atoms with Crippen LogP contribution in [0, 0.1) is 19.7 Å². The zero-order valence-corrected chi connectivity index (χ0v) is 17.2. The van der Waals surface area contributed by atoms with E-state index in [0.29, 0.717) is 5.56 Å². The zero-order chi connectivity index (χ0) is 20.4. The van der Waals surface area contributed by atoms with Gasteiger partial charge in [-0.05, 0) is 59.7 Å². The lowest BCUT2D eigenvalue weighted by atomic mass is 9.92. The van der Waals surface area contributed by atoms with E-state index in [1.165, 1.54) is 22.3 Å². The molecule has 0 spiro atoms. The van der Waals surface area contributed by atoms with Crippen molar-refractivity contribution < 1.29 is 4.39 Å². The average molecular weight is 381 g/mol. The van der Waals surface area contributed by atoms with Gasteiger partial charge in [0.25, 0.3) is 0 Å². The molecule has 144 valence electrons. The van der Waals surface area contributed by atoms with Crippen LogP contribution < -0.4 is 0 Å². The summed E-state index contributed by atoms with van der Waals surface area (Å²) < 4.78 is 15.1. The fourth-order valence-electron chi connectivity index (χ4n) is 3.73. The molecule has 0 unspecified atom stereocenters. The third-order valence-electron chi connectivity index (χ3n) is 5.52. The topological polar surface area (TPSA) is 0 Å². The molecule has 4 aromatic rings. The Morgan fingerprint density at radius 3 is 1.48 bits per heavy atom. The quantitative estimate of drug-likeness (QED) is 0.336. The van der Waals surface area contributed by atoms with Crippen molar-refractivity contribution in [1.82, 2.24) is 0 Å². The van der Waals surface area contributed by atoms with E-state index in [0.717, 1.165) is 28.7 Å². The summed E-state index contributed by atoms with van der Waals surface area (Å²) in [5.74, 6) is -0.180. The summed E-state index contributed by atoms with van der Waals surface area (Å²) in [5, 5.41) is 0. The third-order valence-corrected chi connectivity index (χ3v) is 5.52. The molecule has 0 saturated carbocycles. The Balaban J connectivity index is 1.72. The molecule has 4 rings (SSSR count). The Hall–Kier alpha value is -3.19. The van der Waals surface area contributed by atoms with Gasteiger partial charge in [-0.2, -0.15) is 0 Å². The number of hydrogen-bond donors (Lipinski definition) is 0. The van der Waals surface area contributed by atoms with Crippen LogP contribution in [-0.2, 0) is 6.42 Å². The summed E-state index contributed by atoms with van der Waals surface area (Å²) in [6.45, 7) is 6.27. The molecule has 0 aliphatic carbocycles. The highest BCUT2D eigenvalue weighted by molar-refractivity contribution is 5.76. The highest BCUT2D eigenvalue weighted by Gasteiger charge is 2.12. The summed E-state index contributed by atoms with van der Waals surface area (Å²) in [5.41, 5.74) is 9.53. The highest BCUT2D eigenvalue weighted by Crippen LogP contribution is 2.33. The van der Waals surface area contributed by atoms with Gasteiger partial charge in [0.15, 0.2) is 0 Å². The van der Waals surface area contributed by atoms with Gasteiger partial charge in [0.2, 0.25) is 0 Å². The van der Waals surface area contributed by atoms with Gasteiger partial charge in [0.1, 0.15) is 5.82 Å². The molecule has 0 bridgehead atoms. The fraction of sp³-hybridized carbons (Fsp3) is 0.143. The first-order chi connectivity index (χ1) is 14.0. The maximum atomic E-state index is 15.1. The first-order valence-corrected chi connectivity index (χ1v) is 10.1. The van der Waals surface area contributed by atoms with Crippen LogP contribution in [0.1, 0.15) is 23.6 Å². The van der Waals surface area contributed by atoms with Crippen molar-refractivity contribution in [3.05, 3.63) is 107 Å². The number of aryl methyl sites for hydroxylation is 3. The van der Waals surface area contributed by atoms with Crippen molar-refractivity contribution in [1.29, 1.82) is 0 Å². The van der Waals surface area contributed by atoms with E-state index in [2.05, 4.69) is 75.4 Å². The molecule has 0 aliphatic heterocycles. The average Bonchev–Trinajstić information content (AvgIpc) is 2.74. The molecule has 0 nitrogen and oxygen atoms in total. The van der Waals surface area contributed by atoms with Crippen LogP contribution in [0.25, 0.3) is 33.4 Å². The zero-order valence-electron chi connectivity index (χ0n) is 17.2. The summed E-state index contributed by atoms with van der Waals surface area (Å²) in [6.07, 6.45) is 0.855. The van der Waals surface area contributed by atoms with Crippen molar-refractivity contribution in [3.63, 3.8) is 0 Å². The molecule has 0 fully saturated rings. The van der Waals surface area contributed by atoms with Gasteiger partial charge < -0.3 is 0 Å². The minimum atomic E-state index is -0.180. The van der Waals surface area contributed by atoms with Gasteiger partial charge in [0, 0.05) is 5.56 Å². The van der Waals surface area contributed by atoms with Crippen molar-refractivity contribution in [2.45, 2.75) is 27.2 Å². The maximum Gasteiger partial charge on any atom is 0.131 e. The van der Waals surface area contributed by atoms with Crippen LogP contribution in [0.3, 0.4) is 0 Å². The van der Waals surface area contributed by atoms with Gasteiger partial charge >= 0.3 is 0 Å². The lowest BCUT2D eigenvalue weighted by molar-refractivity contribution is 0.631. The molecular weight excluding hydrogens is 355 g/mol. The van der Waals surface area contributed by atoms with Crippen LogP contribution in [0.4, 0.5) is 4.39 Å². The van der Waals surface area contributed by atoms with Gasteiger partial charge in [0.05, 0.1) is 0 Å². The summed E-state index contributed by atoms with van der Waals surface area (Å²) in [7, 11) is 0. The predicted molar refractivity (Wildman–Crippen MR) is 122 cm³/mol. The second-order valence-corrected chi connectivity index (χ2v) is 7.65. The van der Waals surface area contributed by atoms with E-state index in [4.69, 9.17) is 0 Å². The SMILES string of the molecule is CCc1cc(-c2ccc(C)cc2)ccc1-c1ccc(-c2ccc(C)cc2)cc1F. The molecule has 0 atom stereocenters. The van der Waals surface area contributed by atoms with Gasteiger partial charge in [-0.1, -0.05) is 96.9 Å². The maximum absolute atomic E-state index is 15.1. The second-order valence-electron chi connectivity index (χ2n) is 7.65. The van der Waals surface area contributed by atoms with Crippen molar-refractivity contribution in [2.24, 2.45) is 0 Å². The molecule has 29 heavy (non-hydrogen) atoms. The molecule has 0 saturated heterocycles. The van der Waals surface area contributed by atoms with Crippen LogP contribution in [0.5, 0.6) is 0 Å². The Labute approximate surface area is 172 Å². The summed E-state index contributed by atoms with van der Waals surface area (Å²) in [6, 6.07) is 28.6. The minimum absolute atomic E-state index is 0.180. The first kappa shape index (κ1) is 19.1. The Bertz CT molecular complexity index is 1140. The third kappa shape index (κ3) is 4.00. The van der Waals surface area contributed by atoms with E-state index in [1.807, 2.05) is 24.3 Å². The van der Waals surface area contributed by atoms with Crippen molar-refractivity contribution in [2.75, 3.05) is 0 Å². The molecule has 0 aromatic heterocycles. The summed E-state index contributed by atoms with van der Waals surface area (Å²) >= 11 is 0. The molecule has 1 heteroatoms. The number of hydrogen-bond acceptors (Lipinski definition) is 0. The van der Waals surface area contributed by atoms with Gasteiger partial charge in [-0.3, -0.25) is 0 Å². The Morgan fingerprint density at radius 2 is 1.00 bits per heavy atom. The predicted octanol–water partition coefficient (Wildman–Crippen LogP) is 8.01. The summed E-state index contributed by atoms with van der Waals surface area (Å²) in [4.78, 5) is 0. The van der Waals surface area contributed by atoms with Crippen LogP contribution in [0.15, 0.2) is 84.9 Å². The standard InChI is InChI=1S/C28H25F/c1-4-21-17-24(22-9-5-19(2)6-10-22)13-15-26(21)27-16-14-25(18-28(27)29)23-11-7-20(3)8-12-23/h5-18H,4H2,1-3H3. The van der Waals surface area contributed by atoms with E-state index in [-0.39, 0.29) is 5.82 Å². The Kier molecular flexibility index (Phi) is 5.31. The largest absolute Gasteiger partial charge is 0.206 e. The lowest BCUT2D eigenvalue weighted by Crippen LogP contribution is -1.93. The molecule has 0 aliphatic rings. The molecule has 4 aromatic carbocycles. The molecule has 0 amide bonds. The molecular formula is C28H25F. The monoisotopic (exact) mass is 380 g/mol. The smallest absolute Gasteiger partial charge is 0.131 e. The molecule has 0 heterocycles. The van der Waals surface area contributed by atoms with Crippen LogP contribution >= 0.6 is 0 Å². The van der Waals surface area contributed by atoms with Gasteiger partial charge in [-0.15, -0.1) is 0 Å². The number of halogens is 1. The normalized spacial score (nSPS) is 10.9. The fourth-order valence-corrected chi connectivity index (χ4v) is 3.73. The highest BCUT2D eigenvalue weighted by atomic mass is 19.1. The van der Waals surface area contributed by atoms with Gasteiger partial charge in [-0.25, -0.2) is 4.39 Å². The van der Waals surface area contributed by atoms with Crippen molar-refractivity contribution in [3.8, 4) is 33.4 Å². The van der Waals surface area contributed by atoms with E-state index >= 15 is 4.39 Å². The van der Waals surface area contributed by atoms with Crippen molar-refractivity contribution >= 4 is 0 Å². The molecule has 0 N–H and O–H groups in total. The van der Waals surface area contributed by atoms with E-state index < -0.39 is 0 Å². The minimum Gasteiger partial charge on any atom is -0.206 e. The van der Waals surface area contributed by atoms with E-state index in [9.17, 15) is 0 Å². The van der Waals surface area contributed by atoms with E-state index in [1.54, 1.807) is 6.07 Å². The number of rotatable bonds is 4. The van der Waals surface area contributed by atoms with Crippen LogP contribution in [-0.4, -0.2) is 0 Å². The second kappa shape index (κ2) is 8.05. The lowest BCUT2D eigenvalue weighted by Gasteiger charge is -2.13. The molecule has 0 radical (unpaired) electrons. The first-order valence-electron chi connectivity index (χ1n) is 10.1.